The van der Waals surface area contributed by atoms with E-state index >= 15 is 0 Å². The van der Waals surface area contributed by atoms with Gasteiger partial charge in [0, 0.05) is 26.2 Å². The van der Waals surface area contributed by atoms with Gasteiger partial charge in [0.05, 0.1) is 15.5 Å². The molecular formula is C15H20N4OS2. The topological polar surface area (TPSA) is 49.3 Å². The van der Waals surface area contributed by atoms with Crippen LogP contribution in [0.2, 0.25) is 0 Å². The van der Waals surface area contributed by atoms with E-state index in [0.717, 1.165) is 48.0 Å². The number of fused-ring (bicyclic) bond motifs is 1. The van der Waals surface area contributed by atoms with Gasteiger partial charge in [-0.3, -0.25) is 4.79 Å². The molecule has 0 unspecified atom stereocenters. The summed E-state index contributed by atoms with van der Waals surface area (Å²) in [4.78, 5) is 25.6. The fraction of sp³-hybridized carbons (Fsp3) is 0.533. The number of piperazine rings is 1. The quantitative estimate of drug-likeness (QED) is 0.633. The number of nitrogens with zero attached hydrogens (tertiary/aromatic N) is 4. The summed E-state index contributed by atoms with van der Waals surface area (Å²) < 4.78 is 1.07. The largest absolute Gasteiger partial charge is 0.339 e. The van der Waals surface area contributed by atoms with E-state index < -0.39 is 0 Å². The third-order valence-corrected chi connectivity index (χ3v) is 6.11. The van der Waals surface area contributed by atoms with E-state index in [4.69, 9.17) is 0 Å². The number of thiophene rings is 1. The van der Waals surface area contributed by atoms with Crippen LogP contribution in [0, 0.1) is 0 Å². The molecule has 0 aromatic carbocycles. The van der Waals surface area contributed by atoms with E-state index in [-0.39, 0.29) is 11.2 Å². The monoisotopic (exact) mass is 336 g/mol. The van der Waals surface area contributed by atoms with Crippen molar-refractivity contribution in [1.29, 1.82) is 0 Å². The van der Waals surface area contributed by atoms with Crippen molar-refractivity contribution < 1.29 is 4.79 Å². The molecule has 3 rings (SSSR count). The predicted molar refractivity (Wildman–Crippen MR) is 91.4 cm³/mol. The molecule has 3 heterocycles. The summed E-state index contributed by atoms with van der Waals surface area (Å²) in [6.07, 6.45) is 1.58. The van der Waals surface area contributed by atoms with Crippen molar-refractivity contribution in [3.8, 4) is 0 Å². The molecule has 1 fully saturated rings. The van der Waals surface area contributed by atoms with Crippen LogP contribution < -0.4 is 0 Å². The molecule has 22 heavy (non-hydrogen) atoms. The molecule has 0 radical (unpaired) electrons. The average Bonchev–Trinajstić information content (AvgIpc) is 3.04. The summed E-state index contributed by atoms with van der Waals surface area (Å²) in [7, 11) is 0. The van der Waals surface area contributed by atoms with Gasteiger partial charge in [-0.15, -0.1) is 11.3 Å². The third-order valence-electron chi connectivity index (χ3n) is 3.98. The molecule has 2 aromatic heterocycles. The van der Waals surface area contributed by atoms with Gasteiger partial charge in [-0.1, -0.05) is 18.7 Å². The van der Waals surface area contributed by atoms with Crippen LogP contribution in [0.4, 0.5) is 0 Å². The van der Waals surface area contributed by atoms with Crippen LogP contribution in [-0.4, -0.2) is 63.6 Å². The first kappa shape index (κ1) is 15.7. The summed E-state index contributed by atoms with van der Waals surface area (Å²) in [5.41, 5.74) is 0.957. The maximum absolute atomic E-state index is 12.6. The lowest BCUT2D eigenvalue weighted by molar-refractivity contribution is -0.132. The molecule has 0 saturated carbocycles. The van der Waals surface area contributed by atoms with Crippen LogP contribution in [0.1, 0.15) is 13.8 Å². The second-order valence-electron chi connectivity index (χ2n) is 5.33. The van der Waals surface area contributed by atoms with Crippen molar-refractivity contribution in [2.24, 2.45) is 0 Å². The zero-order valence-electron chi connectivity index (χ0n) is 12.9. The van der Waals surface area contributed by atoms with Crippen LogP contribution in [0.3, 0.4) is 0 Å². The van der Waals surface area contributed by atoms with Gasteiger partial charge in [0.2, 0.25) is 5.91 Å². The molecule has 0 bridgehead atoms. The Balaban J connectivity index is 1.65. The minimum atomic E-state index is -0.117. The minimum absolute atomic E-state index is 0.117. The highest BCUT2D eigenvalue weighted by atomic mass is 32.2. The summed E-state index contributed by atoms with van der Waals surface area (Å²) in [5.74, 6) is 0.212. The Kier molecular flexibility index (Phi) is 4.95. The molecule has 1 aliphatic heterocycles. The maximum Gasteiger partial charge on any atom is 0.235 e. The second-order valence-corrected chi connectivity index (χ2v) is 7.58. The number of thioether (sulfide) groups is 1. The van der Waals surface area contributed by atoms with Gasteiger partial charge >= 0.3 is 0 Å². The first-order valence-electron chi connectivity index (χ1n) is 7.55. The number of hydrogen-bond acceptors (Lipinski definition) is 6. The van der Waals surface area contributed by atoms with E-state index in [9.17, 15) is 4.79 Å². The number of hydrogen-bond donors (Lipinski definition) is 0. The zero-order valence-corrected chi connectivity index (χ0v) is 14.5. The number of carbonyl (C=O) groups is 1. The molecule has 118 valence electrons. The van der Waals surface area contributed by atoms with Gasteiger partial charge in [0.1, 0.15) is 11.4 Å². The highest BCUT2D eigenvalue weighted by Gasteiger charge is 2.25. The van der Waals surface area contributed by atoms with Crippen molar-refractivity contribution in [2.45, 2.75) is 24.1 Å². The Morgan fingerprint density at radius 3 is 2.86 bits per heavy atom. The van der Waals surface area contributed by atoms with E-state index in [1.807, 2.05) is 23.3 Å². The van der Waals surface area contributed by atoms with Crippen LogP contribution in [-0.2, 0) is 4.79 Å². The van der Waals surface area contributed by atoms with Gasteiger partial charge in [-0.2, -0.15) is 0 Å². The van der Waals surface area contributed by atoms with Crippen LogP contribution in [0.25, 0.3) is 10.2 Å². The number of aromatic nitrogens is 2. The molecule has 1 amide bonds. The highest BCUT2D eigenvalue weighted by molar-refractivity contribution is 8.00. The SMILES string of the molecule is CCN1CCN(C(=O)[C@@H](C)Sc2ncnc3ccsc23)CC1. The van der Waals surface area contributed by atoms with Gasteiger partial charge in [-0.25, -0.2) is 9.97 Å². The fourth-order valence-electron chi connectivity index (χ4n) is 2.61. The lowest BCUT2D eigenvalue weighted by Gasteiger charge is -2.35. The van der Waals surface area contributed by atoms with E-state index in [1.165, 1.54) is 0 Å². The van der Waals surface area contributed by atoms with Crippen LogP contribution in [0.5, 0.6) is 0 Å². The van der Waals surface area contributed by atoms with Gasteiger partial charge in [0.15, 0.2) is 0 Å². The standard InChI is InChI=1S/C15H20N4OS2/c1-3-18-5-7-19(8-6-18)15(20)11(2)22-14-13-12(4-9-21-13)16-10-17-14/h4,9-11H,3,5-8H2,1-2H3/t11-/m1/s1. The zero-order chi connectivity index (χ0) is 15.5. The van der Waals surface area contributed by atoms with Crippen molar-refractivity contribution >= 4 is 39.2 Å². The molecule has 5 nitrogen and oxygen atoms in total. The van der Waals surface area contributed by atoms with E-state index in [1.54, 1.807) is 29.4 Å². The number of carbonyl (C=O) groups excluding carboxylic acids is 1. The Morgan fingerprint density at radius 1 is 1.36 bits per heavy atom. The van der Waals surface area contributed by atoms with Crippen LogP contribution >= 0.6 is 23.1 Å². The molecule has 1 aliphatic rings. The molecule has 0 aliphatic carbocycles. The number of amides is 1. The third kappa shape index (κ3) is 3.26. The van der Waals surface area contributed by atoms with Crippen molar-refractivity contribution in [1.82, 2.24) is 19.8 Å². The van der Waals surface area contributed by atoms with E-state index in [2.05, 4.69) is 21.8 Å². The summed E-state index contributed by atoms with van der Waals surface area (Å²) in [6, 6.07) is 1.99. The number of rotatable bonds is 4. The normalized spacial score (nSPS) is 17.8. The minimum Gasteiger partial charge on any atom is -0.339 e. The number of likely N-dealkylation sites (N-methyl/N-ethyl adjacent to an activating group) is 1. The van der Waals surface area contributed by atoms with Crippen molar-refractivity contribution in [2.75, 3.05) is 32.7 Å². The molecule has 1 atom stereocenters. The molecule has 1 saturated heterocycles. The average molecular weight is 336 g/mol. The molecule has 7 heteroatoms. The Hall–Kier alpha value is -1.18. The smallest absolute Gasteiger partial charge is 0.235 e. The Bertz CT molecular complexity index is 652. The summed E-state index contributed by atoms with van der Waals surface area (Å²) >= 11 is 3.17. The molecular weight excluding hydrogens is 316 g/mol. The van der Waals surface area contributed by atoms with Gasteiger partial charge in [0.25, 0.3) is 0 Å². The Morgan fingerprint density at radius 2 is 2.14 bits per heavy atom. The van der Waals surface area contributed by atoms with Gasteiger partial charge < -0.3 is 9.80 Å². The maximum atomic E-state index is 12.6. The predicted octanol–water partition coefficient (Wildman–Crippen LogP) is 2.34. The summed E-state index contributed by atoms with van der Waals surface area (Å²) in [5, 5.41) is 2.81. The first-order valence-corrected chi connectivity index (χ1v) is 9.31. The fourth-order valence-corrected chi connectivity index (χ4v) is 4.53. The second kappa shape index (κ2) is 6.93. The highest BCUT2D eigenvalue weighted by Crippen LogP contribution is 2.31. The van der Waals surface area contributed by atoms with E-state index in [0.29, 0.717) is 0 Å². The lowest BCUT2D eigenvalue weighted by Crippen LogP contribution is -2.50. The van der Waals surface area contributed by atoms with Crippen molar-refractivity contribution in [3.05, 3.63) is 17.8 Å². The Labute approximate surface area is 138 Å². The first-order chi connectivity index (χ1) is 10.7. The molecule has 0 N–H and O–H groups in total. The van der Waals surface area contributed by atoms with Crippen LogP contribution in [0.15, 0.2) is 22.8 Å². The molecule has 2 aromatic rings. The summed E-state index contributed by atoms with van der Waals surface area (Å²) in [6.45, 7) is 8.80. The lowest BCUT2D eigenvalue weighted by atomic mass is 10.3. The van der Waals surface area contributed by atoms with Gasteiger partial charge in [-0.05, 0) is 24.9 Å². The van der Waals surface area contributed by atoms with Crippen molar-refractivity contribution in [3.63, 3.8) is 0 Å². The molecule has 0 spiro atoms.